The molecule has 0 spiro atoms. The molecule has 2 unspecified atom stereocenters. The SMILES string of the molecule is Cc1c(C(=O)Nc2c(C)n(C)n(C3CCCCC3)c2=O)noc1C1OCC(C(C)(C)C)O1. The van der Waals surface area contributed by atoms with Crippen LogP contribution in [0.5, 0.6) is 0 Å². The van der Waals surface area contributed by atoms with Crippen LogP contribution in [0.1, 0.15) is 92.7 Å². The Morgan fingerprint density at radius 1 is 1.16 bits per heavy atom. The minimum Gasteiger partial charge on any atom is -0.355 e. The van der Waals surface area contributed by atoms with Crippen LogP contribution in [-0.2, 0) is 16.5 Å². The number of nitrogens with one attached hydrogen (secondary N) is 1. The number of aromatic nitrogens is 3. The summed E-state index contributed by atoms with van der Waals surface area (Å²) in [6.45, 7) is 10.3. The first kappa shape index (κ1) is 22.8. The van der Waals surface area contributed by atoms with E-state index in [0.717, 1.165) is 25.7 Å². The highest BCUT2D eigenvalue weighted by molar-refractivity contribution is 6.04. The van der Waals surface area contributed by atoms with Crippen LogP contribution in [0.4, 0.5) is 5.69 Å². The van der Waals surface area contributed by atoms with Crippen molar-refractivity contribution >= 4 is 11.6 Å². The van der Waals surface area contributed by atoms with Crippen LogP contribution in [0.2, 0.25) is 0 Å². The highest BCUT2D eigenvalue weighted by Gasteiger charge is 2.39. The van der Waals surface area contributed by atoms with Gasteiger partial charge in [0, 0.05) is 12.6 Å². The molecule has 2 atom stereocenters. The van der Waals surface area contributed by atoms with Crippen molar-refractivity contribution in [2.45, 2.75) is 85.2 Å². The van der Waals surface area contributed by atoms with Crippen molar-refractivity contribution in [3.63, 3.8) is 0 Å². The number of amides is 1. The molecule has 0 radical (unpaired) electrons. The van der Waals surface area contributed by atoms with Gasteiger partial charge in [-0.3, -0.25) is 14.3 Å². The van der Waals surface area contributed by atoms with E-state index in [1.54, 1.807) is 11.6 Å². The number of nitrogens with zero attached hydrogens (tertiary/aromatic N) is 3. The number of carbonyl (C=O) groups excluding carboxylic acids is 1. The Hall–Kier alpha value is -2.39. The topological polar surface area (TPSA) is 101 Å². The smallest absolute Gasteiger partial charge is 0.291 e. The Labute approximate surface area is 188 Å². The molecule has 1 N–H and O–H groups in total. The van der Waals surface area contributed by atoms with Crippen LogP contribution in [0.25, 0.3) is 0 Å². The quantitative estimate of drug-likeness (QED) is 0.762. The standard InChI is InChI=1S/C23H34N4O5/c1-13-17(25-32-19(13)22-30-12-16(31-22)23(3,4)5)20(28)24-18-14(2)26(6)27(21(18)29)15-10-8-7-9-11-15/h15-16,22H,7-12H2,1-6H3,(H,24,28). The fraction of sp³-hybridized carbons (Fsp3) is 0.696. The molecule has 3 heterocycles. The Bertz CT molecular complexity index is 1050. The van der Waals surface area contributed by atoms with Gasteiger partial charge in [-0.1, -0.05) is 45.2 Å². The molecule has 176 valence electrons. The summed E-state index contributed by atoms with van der Waals surface area (Å²) in [5.41, 5.74) is 1.41. The average molecular weight is 447 g/mol. The van der Waals surface area contributed by atoms with E-state index >= 15 is 0 Å². The van der Waals surface area contributed by atoms with Gasteiger partial charge in [0.25, 0.3) is 11.5 Å². The van der Waals surface area contributed by atoms with E-state index in [2.05, 4.69) is 31.2 Å². The summed E-state index contributed by atoms with van der Waals surface area (Å²) in [4.78, 5) is 26.2. The predicted octanol–water partition coefficient (Wildman–Crippen LogP) is 4.01. The number of hydrogen-bond acceptors (Lipinski definition) is 6. The molecule has 32 heavy (non-hydrogen) atoms. The van der Waals surface area contributed by atoms with Gasteiger partial charge in [0.15, 0.2) is 11.5 Å². The summed E-state index contributed by atoms with van der Waals surface area (Å²) in [5, 5.41) is 6.73. The summed E-state index contributed by atoms with van der Waals surface area (Å²) < 4.78 is 20.8. The van der Waals surface area contributed by atoms with Crippen molar-refractivity contribution in [3.8, 4) is 0 Å². The maximum atomic E-state index is 13.1. The maximum absolute atomic E-state index is 13.1. The van der Waals surface area contributed by atoms with Gasteiger partial charge in [-0.15, -0.1) is 0 Å². The van der Waals surface area contributed by atoms with Gasteiger partial charge in [0.1, 0.15) is 5.69 Å². The van der Waals surface area contributed by atoms with E-state index in [4.69, 9.17) is 14.0 Å². The zero-order chi connectivity index (χ0) is 23.2. The fourth-order valence-corrected chi connectivity index (χ4v) is 4.56. The molecule has 9 nitrogen and oxygen atoms in total. The number of carbonyl (C=O) groups is 1. The number of rotatable bonds is 4. The number of hydrogen-bond donors (Lipinski definition) is 1. The van der Waals surface area contributed by atoms with Gasteiger partial charge >= 0.3 is 0 Å². The molecule has 2 aliphatic rings. The monoisotopic (exact) mass is 446 g/mol. The average Bonchev–Trinajstić information content (AvgIpc) is 3.43. The number of ether oxygens (including phenoxy) is 2. The van der Waals surface area contributed by atoms with E-state index < -0.39 is 12.2 Å². The Kier molecular flexibility index (Phi) is 6.06. The van der Waals surface area contributed by atoms with E-state index in [1.165, 1.54) is 6.42 Å². The van der Waals surface area contributed by atoms with Gasteiger partial charge < -0.3 is 19.3 Å². The van der Waals surface area contributed by atoms with Crippen molar-refractivity contribution in [2.24, 2.45) is 12.5 Å². The molecular formula is C23H34N4O5. The van der Waals surface area contributed by atoms with Crippen LogP contribution in [0, 0.1) is 19.3 Å². The summed E-state index contributed by atoms with van der Waals surface area (Å²) in [7, 11) is 1.86. The summed E-state index contributed by atoms with van der Waals surface area (Å²) in [6.07, 6.45) is 4.61. The van der Waals surface area contributed by atoms with Crippen molar-refractivity contribution in [3.05, 3.63) is 33.1 Å². The van der Waals surface area contributed by atoms with E-state index in [9.17, 15) is 9.59 Å². The van der Waals surface area contributed by atoms with Crippen LogP contribution >= 0.6 is 0 Å². The van der Waals surface area contributed by atoms with E-state index in [0.29, 0.717) is 23.6 Å². The first-order valence-corrected chi connectivity index (χ1v) is 11.4. The minimum absolute atomic E-state index is 0.0774. The van der Waals surface area contributed by atoms with Crippen molar-refractivity contribution < 1.29 is 18.8 Å². The molecule has 1 amide bonds. The molecule has 1 aliphatic carbocycles. The van der Waals surface area contributed by atoms with E-state index in [-0.39, 0.29) is 34.5 Å². The molecule has 0 aromatic carbocycles. The third-order valence-corrected chi connectivity index (χ3v) is 6.79. The van der Waals surface area contributed by atoms with Gasteiger partial charge in [-0.25, -0.2) is 4.68 Å². The molecule has 1 saturated heterocycles. The largest absolute Gasteiger partial charge is 0.355 e. The predicted molar refractivity (Wildman–Crippen MR) is 119 cm³/mol. The molecule has 2 fully saturated rings. The summed E-state index contributed by atoms with van der Waals surface area (Å²) in [5.74, 6) is -0.101. The van der Waals surface area contributed by atoms with Crippen LogP contribution in [0.15, 0.2) is 9.32 Å². The molecule has 4 rings (SSSR count). The van der Waals surface area contributed by atoms with Crippen molar-refractivity contribution in [1.82, 2.24) is 14.5 Å². The Morgan fingerprint density at radius 2 is 1.84 bits per heavy atom. The second kappa shape index (κ2) is 8.51. The van der Waals surface area contributed by atoms with Crippen LogP contribution in [0.3, 0.4) is 0 Å². The molecule has 1 aliphatic heterocycles. The normalized spacial score (nSPS) is 22.4. The molecule has 2 aromatic heterocycles. The molecule has 2 aromatic rings. The summed E-state index contributed by atoms with van der Waals surface area (Å²) in [6, 6.07) is 0.165. The Balaban J connectivity index is 1.54. The maximum Gasteiger partial charge on any atom is 0.291 e. The number of anilines is 1. The third kappa shape index (κ3) is 4.03. The summed E-state index contributed by atoms with van der Waals surface area (Å²) >= 11 is 0. The minimum atomic E-state index is -0.699. The highest BCUT2D eigenvalue weighted by atomic mass is 16.7. The molecular weight excluding hydrogens is 412 g/mol. The molecule has 1 saturated carbocycles. The highest BCUT2D eigenvalue weighted by Crippen LogP contribution is 2.37. The zero-order valence-electron chi connectivity index (χ0n) is 19.9. The van der Waals surface area contributed by atoms with E-state index in [1.807, 2.05) is 18.7 Å². The first-order chi connectivity index (χ1) is 15.1. The van der Waals surface area contributed by atoms with Crippen LogP contribution < -0.4 is 10.9 Å². The Morgan fingerprint density at radius 3 is 2.47 bits per heavy atom. The van der Waals surface area contributed by atoms with Crippen molar-refractivity contribution in [2.75, 3.05) is 11.9 Å². The lowest BCUT2D eigenvalue weighted by molar-refractivity contribution is -0.0930. The lowest BCUT2D eigenvalue weighted by atomic mass is 9.90. The van der Waals surface area contributed by atoms with Gasteiger partial charge in [-0.2, -0.15) is 0 Å². The lowest BCUT2D eigenvalue weighted by Crippen LogP contribution is -2.29. The third-order valence-electron chi connectivity index (χ3n) is 6.79. The van der Waals surface area contributed by atoms with Crippen molar-refractivity contribution in [1.29, 1.82) is 0 Å². The van der Waals surface area contributed by atoms with Crippen LogP contribution in [-0.4, -0.2) is 33.1 Å². The van der Waals surface area contributed by atoms with Gasteiger partial charge in [-0.05, 0) is 32.1 Å². The first-order valence-electron chi connectivity index (χ1n) is 11.4. The van der Waals surface area contributed by atoms with Gasteiger partial charge in [0.05, 0.1) is 24.4 Å². The lowest BCUT2D eigenvalue weighted by Gasteiger charge is -2.24. The molecule has 0 bridgehead atoms. The zero-order valence-corrected chi connectivity index (χ0v) is 19.9. The second-order valence-corrected chi connectivity index (χ2v) is 10.1. The molecule has 9 heteroatoms. The fourth-order valence-electron chi connectivity index (χ4n) is 4.56. The van der Waals surface area contributed by atoms with Gasteiger partial charge in [0.2, 0.25) is 6.29 Å². The second-order valence-electron chi connectivity index (χ2n) is 10.1.